The standard InChI is InChI=1S/C49H58BrN13O5/c1-4-48(47(67)55-31(2)3)13-19-60(20-14-48)41-9-5-32(26-52-41)44-45-33(25-51)27-54-63(45)30-39(57-44)34-28-53-62(29-34)36-11-17-61(18-12-36)43(65)24-49(68)15-21-59(22-16-49)40-8-6-35(23-37(40)50)56-38-7-10-42(64)58-46(38)66/h5-6,8-9,23,26-31,36,38,56,68H,4,7,10-22,24H2,1-3H3,(H,55,67)(H,58,64,66). The van der Waals surface area contributed by atoms with E-state index in [1.807, 2.05) is 60.0 Å². The molecular formula is C49H58BrN13O5. The molecule has 0 spiro atoms. The van der Waals surface area contributed by atoms with E-state index in [1.165, 1.54) is 0 Å². The highest BCUT2D eigenvalue weighted by Crippen LogP contribution is 2.39. The molecule has 4 aromatic heterocycles. The molecule has 0 aliphatic carbocycles. The van der Waals surface area contributed by atoms with E-state index < -0.39 is 11.6 Å². The number of rotatable bonds is 12. The lowest BCUT2D eigenvalue weighted by atomic mass is 9.75. The van der Waals surface area contributed by atoms with E-state index >= 15 is 0 Å². The van der Waals surface area contributed by atoms with Crippen molar-refractivity contribution in [3.8, 4) is 28.6 Å². The van der Waals surface area contributed by atoms with E-state index in [9.17, 15) is 29.5 Å². The minimum atomic E-state index is -1.10. The molecule has 4 aliphatic heterocycles. The zero-order valence-electron chi connectivity index (χ0n) is 38.7. The Morgan fingerprint density at radius 1 is 0.941 bits per heavy atom. The molecule has 68 heavy (non-hydrogen) atoms. The number of anilines is 3. The number of fused-ring (bicyclic) bond motifs is 1. The van der Waals surface area contributed by atoms with Crippen LogP contribution in [0.25, 0.3) is 28.0 Å². The highest BCUT2D eigenvalue weighted by Gasteiger charge is 2.41. The number of halogens is 1. The van der Waals surface area contributed by atoms with Crippen molar-refractivity contribution >= 4 is 62.3 Å². The first-order chi connectivity index (χ1) is 32.7. The lowest BCUT2D eigenvalue weighted by molar-refractivity contribution is -0.139. The van der Waals surface area contributed by atoms with Gasteiger partial charge in [-0.25, -0.2) is 14.5 Å². The maximum Gasteiger partial charge on any atom is 0.249 e. The van der Waals surface area contributed by atoms with Gasteiger partial charge in [-0.1, -0.05) is 6.92 Å². The van der Waals surface area contributed by atoms with Gasteiger partial charge in [0.1, 0.15) is 29.0 Å². The molecule has 0 bridgehead atoms. The molecular weight excluding hydrogens is 931 g/mol. The molecule has 0 radical (unpaired) electrons. The molecule has 4 amide bonds. The van der Waals surface area contributed by atoms with Gasteiger partial charge in [-0.3, -0.25) is 29.2 Å². The Morgan fingerprint density at radius 3 is 2.35 bits per heavy atom. The largest absolute Gasteiger partial charge is 0.389 e. The summed E-state index contributed by atoms with van der Waals surface area (Å²) in [5, 5.41) is 39.6. The molecule has 4 N–H and O–H groups in total. The fourth-order valence-electron chi connectivity index (χ4n) is 10.1. The number of aromatic nitrogens is 6. The monoisotopic (exact) mass is 987 g/mol. The van der Waals surface area contributed by atoms with Gasteiger partial charge in [0.05, 0.1) is 59.1 Å². The number of piperidine rings is 4. The molecule has 1 unspecified atom stereocenters. The van der Waals surface area contributed by atoms with Crippen LogP contribution < -0.4 is 25.8 Å². The first-order valence-electron chi connectivity index (χ1n) is 23.7. The van der Waals surface area contributed by atoms with Gasteiger partial charge in [0.15, 0.2) is 0 Å². The zero-order valence-corrected chi connectivity index (χ0v) is 40.3. The van der Waals surface area contributed by atoms with Gasteiger partial charge in [-0.2, -0.15) is 15.5 Å². The Bertz CT molecular complexity index is 2740. The van der Waals surface area contributed by atoms with Crippen LogP contribution in [0, 0.1) is 16.7 Å². The molecule has 1 aromatic carbocycles. The quantitative estimate of drug-likeness (QED) is 0.112. The summed E-state index contributed by atoms with van der Waals surface area (Å²) < 4.78 is 4.47. The summed E-state index contributed by atoms with van der Waals surface area (Å²) in [4.78, 5) is 66.7. The van der Waals surface area contributed by atoms with Crippen LogP contribution in [-0.2, 0) is 19.2 Å². The van der Waals surface area contributed by atoms with Crippen molar-refractivity contribution < 1.29 is 24.3 Å². The van der Waals surface area contributed by atoms with Crippen LogP contribution in [0.1, 0.15) is 96.6 Å². The molecule has 9 rings (SSSR count). The summed E-state index contributed by atoms with van der Waals surface area (Å²) in [7, 11) is 0. The van der Waals surface area contributed by atoms with Gasteiger partial charge in [0.2, 0.25) is 23.6 Å². The molecule has 356 valence electrons. The SMILES string of the molecule is CCC1(C(=O)NC(C)C)CCN(c2ccc(-c3nc(-c4cnn(C5CCN(C(=O)CC6(O)CCN(c7ccc(NC8CCC(=O)NC8=O)cc7Br)CC6)CC5)c4)cn4ncc(C#N)c34)cn2)CC1. The number of hydrogen-bond donors (Lipinski definition) is 4. The van der Waals surface area contributed by atoms with Crippen molar-refractivity contribution in [1.82, 2.24) is 44.9 Å². The summed E-state index contributed by atoms with van der Waals surface area (Å²) >= 11 is 3.68. The predicted molar refractivity (Wildman–Crippen MR) is 259 cm³/mol. The maximum absolute atomic E-state index is 13.6. The van der Waals surface area contributed by atoms with Crippen LogP contribution in [-0.4, -0.2) is 120 Å². The molecule has 4 aliphatic rings. The Morgan fingerprint density at radius 2 is 1.69 bits per heavy atom. The van der Waals surface area contributed by atoms with Gasteiger partial charge < -0.3 is 30.4 Å². The van der Waals surface area contributed by atoms with Crippen molar-refractivity contribution in [2.75, 3.05) is 54.4 Å². The summed E-state index contributed by atoms with van der Waals surface area (Å²) in [5.74, 6) is 0.331. The Kier molecular flexibility index (Phi) is 13.3. The average Bonchev–Trinajstić information content (AvgIpc) is 4.01. The van der Waals surface area contributed by atoms with Gasteiger partial charge in [-0.05, 0) is 111 Å². The third-order valence-electron chi connectivity index (χ3n) is 14.4. The Hall–Kier alpha value is -6.39. The molecule has 4 saturated heterocycles. The van der Waals surface area contributed by atoms with Gasteiger partial charge in [-0.15, -0.1) is 0 Å². The highest BCUT2D eigenvalue weighted by atomic mass is 79.9. The number of hydrogen-bond acceptors (Lipinski definition) is 13. The predicted octanol–water partition coefficient (Wildman–Crippen LogP) is 5.61. The second-order valence-electron chi connectivity index (χ2n) is 19.1. The third kappa shape index (κ3) is 9.66. The van der Waals surface area contributed by atoms with Crippen molar-refractivity contribution in [1.29, 1.82) is 5.26 Å². The minimum Gasteiger partial charge on any atom is -0.389 e. The number of likely N-dealkylation sites (tertiary alicyclic amines) is 1. The fraction of sp³-hybridized carbons (Fsp3) is 0.490. The Labute approximate surface area is 403 Å². The van der Waals surface area contributed by atoms with Crippen LogP contribution in [0.4, 0.5) is 17.2 Å². The molecule has 4 fully saturated rings. The maximum atomic E-state index is 13.6. The lowest BCUT2D eigenvalue weighted by Gasteiger charge is -2.41. The number of carbonyl (C=O) groups excluding carboxylic acids is 4. The van der Waals surface area contributed by atoms with Crippen LogP contribution in [0.2, 0.25) is 0 Å². The van der Waals surface area contributed by atoms with E-state index in [2.05, 4.69) is 59.8 Å². The van der Waals surface area contributed by atoms with Gasteiger partial charge >= 0.3 is 0 Å². The molecule has 8 heterocycles. The van der Waals surface area contributed by atoms with Crippen molar-refractivity contribution in [2.24, 2.45) is 5.41 Å². The number of amides is 4. The number of nitrogens with one attached hydrogen (secondary N) is 3. The normalized spacial score (nSPS) is 19.8. The van der Waals surface area contributed by atoms with Crippen molar-refractivity contribution in [3.05, 3.63) is 71.4 Å². The van der Waals surface area contributed by atoms with E-state index in [-0.39, 0.29) is 47.5 Å². The first kappa shape index (κ1) is 46.7. The smallest absolute Gasteiger partial charge is 0.249 e. The number of pyridine rings is 1. The molecule has 0 saturated carbocycles. The molecule has 19 heteroatoms. The molecule has 1 atom stereocenters. The summed E-state index contributed by atoms with van der Waals surface area (Å²) in [5.41, 5.74) is 4.01. The van der Waals surface area contributed by atoms with Crippen LogP contribution in [0.5, 0.6) is 0 Å². The number of carbonyl (C=O) groups is 4. The van der Waals surface area contributed by atoms with E-state index in [1.54, 1.807) is 29.3 Å². The number of benzene rings is 1. The third-order valence-corrected chi connectivity index (χ3v) is 15.0. The average molecular weight is 989 g/mol. The van der Waals surface area contributed by atoms with E-state index in [0.717, 1.165) is 65.1 Å². The topological polar surface area (TPSA) is 219 Å². The second-order valence-corrected chi connectivity index (χ2v) is 20.0. The van der Waals surface area contributed by atoms with E-state index in [0.29, 0.717) is 87.2 Å². The number of imide groups is 1. The number of aliphatic hydroxyl groups is 1. The lowest BCUT2D eigenvalue weighted by Crippen LogP contribution is -2.50. The van der Waals surface area contributed by atoms with E-state index in [4.69, 9.17) is 15.1 Å². The van der Waals surface area contributed by atoms with Crippen LogP contribution in [0.15, 0.2) is 65.8 Å². The molecule has 5 aromatic rings. The Balaban J connectivity index is 0.799. The summed E-state index contributed by atoms with van der Waals surface area (Å²) in [6.07, 6.45) is 14.3. The zero-order chi connectivity index (χ0) is 47.7. The fourth-order valence-corrected chi connectivity index (χ4v) is 10.8. The van der Waals surface area contributed by atoms with Crippen molar-refractivity contribution in [2.45, 2.75) is 109 Å². The summed E-state index contributed by atoms with van der Waals surface area (Å²) in [6.45, 7) is 9.79. The minimum absolute atomic E-state index is 0.0466. The second kappa shape index (κ2) is 19.3. The van der Waals surface area contributed by atoms with Crippen LogP contribution in [0.3, 0.4) is 0 Å². The first-order valence-corrected chi connectivity index (χ1v) is 24.5. The van der Waals surface area contributed by atoms with Gasteiger partial charge in [0, 0.05) is 85.4 Å². The number of nitrogens with zero attached hydrogens (tertiary/aromatic N) is 10. The van der Waals surface area contributed by atoms with Crippen molar-refractivity contribution in [3.63, 3.8) is 0 Å². The van der Waals surface area contributed by atoms with Gasteiger partial charge in [0.25, 0.3) is 0 Å². The number of nitriles is 1. The highest BCUT2D eigenvalue weighted by molar-refractivity contribution is 9.10. The summed E-state index contributed by atoms with van der Waals surface area (Å²) in [6, 6.07) is 11.7. The van der Waals surface area contributed by atoms with Crippen LogP contribution >= 0.6 is 15.9 Å². The molecule has 18 nitrogen and oxygen atoms in total.